The van der Waals surface area contributed by atoms with Crippen LogP contribution in [-0.4, -0.2) is 50.2 Å². The number of halogens is 3. The van der Waals surface area contributed by atoms with Gasteiger partial charge >= 0.3 is 6.18 Å². The van der Waals surface area contributed by atoms with E-state index >= 15 is 0 Å². The van der Waals surface area contributed by atoms with E-state index in [2.05, 4.69) is 5.32 Å². The molecule has 0 fully saturated rings. The van der Waals surface area contributed by atoms with Gasteiger partial charge in [0, 0.05) is 19.6 Å². The van der Waals surface area contributed by atoms with Crippen LogP contribution < -0.4 is 11.1 Å². The van der Waals surface area contributed by atoms with E-state index in [4.69, 9.17) is 5.73 Å². The van der Waals surface area contributed by atoms with Crippen LogP contribution >= 0.6 is 0 Å². The fraction of sp³-hybridized carbons (Fsp3) is 0.900. The molecule has 102 valence electrons. The predicted molar refractivity (Wildman–Crippen MR) is 59.4 cm³/mol. The zero-order valence-electron chi connectivity index (χ0n) is 10.2. The number of nitrogens with zero attached hydrogens (tertiary/aromatic N) is 1. The predicted octanol–water partition coefficient (Wildman–Crippen LogP) is 0.582. The first-order chi connectivity index (χ1) is 7.81. The fourth-order valence-corrected chi connectivity index (χ4v) is 1.32. The van der Waals surface area contributed by atoms with Crippen LogP contribution in [0.25, 0.3) is 0 Å². The molecule has 7 heteroatoms. The van der Waals surface area contributed by atoms with E-state index in [1.165, 1.54) is 11.9 Å². The number of likely N-dealkylation sites (N-methyl/N-ethyl adjacent to an activating group) is 1. The van der Waals surface area contributed by atoms with Gasteiger partial charge in [0.05, 0.1) is 12.5 Å². The summed E-state index contributed by atoms with van der Waals surface area (Å²) in [5.74, 6) is -1.86. The molecule has 0 aromatic heterocycles. The van der Waals surface area contributed by atoms with Crippen molar-refractivity contribution in [3.63, 3.8) is 0 Å². The van der Waals surface area contributed by atoms with Crippen LogP contribution in [0.1, 0.15) is 13.3 Å². The number of alkyl halides is 3. The van der Waals surface area contributed by atoms with E-state index in [1.54, 1.807) is 0 Å². The maximum atomic E-state index is 12.4. The molecule has 17 heavy (non-hydrogen) atoms. The summed E-state index contributed by atoms with van der Waals surface area (Å²) in [6.45, 7) is 1.65. The molecule has 3 N–H and O–H groups in total. The second-order valence-corrected chi connectivity index (χ2v) is 4.02. The molecule has 1 atom stereocenters. The molecule has 0 radical (unpaired) electrons. The van der Waals surface area contributed by atoms with E-state index in [1.807, 2.05) is 6.92 Å². The fourth-order valence-electron chi connectivity index (χ4n) is 1.32. The summed E-state index contributed by atoms with van der Waals surface area (Å²) in [6, 6.07) is 0. The minimum Gasteiger partial charge on any atom is -0.355 e. The van der Waals surface area contributed by atoms with Crippen molar-refractivity contribution >= 4 is 5.91 Å². The highest BCUT2D eigenvalue weighted by Gasteiger charge is 2.39. The second-order valence-electron chi connectivity index (χ2n) is 4.02. The molecule has 0 saturated heterocycles. The monoisotopic (exact) mass is 255 g/mol. The molecule has 0 aromatic rings. The van der Waals surface area contributed by atoms with E-state index in [9.17, 15) is 18.0 Å². The summed E-state index contributed by atoms with van der Waals surface area (Å²) in [5, 5.41) is 2.60. The number of carbonyl (C=O) groups excluding carboxylic acids is 1. The van der Waals surface area contributed by atoms with Crippen molar-refractivity contribution in [3.8, 4) is 0 Å². The van der Waals surface area contributed by atoms with Gasteiger partial charge in [0.25, 0.3) is 0 Å². The number of amides is 1. The summed E-state index contributed by atoms with van der Waals surface area (Å²) >= 11 is 0. The highest BCUT2D eigenvalue weighted by atomic mass is 19.4. The van der Waals surface area contributed by atoms with Crippen LogP contribution in [0.2, 0.25) is 0 Å². The van der Waals surface area contributed by atoms with Gasteiger partial charge in [0.2, 0.25) is 5.91 Å². The minimum absolute atomic E-state index is 0.0490. The third-order valence-corrected chi connectivity index (χ3v) is 2.27. The first-order valence-corrected chi connectivity index (χ1v) is 5.53. The largest absolute Gasteiger partial charge is 0.394 e. The Bertz CT molecular complexity index is 233. The lowest BCUT2D eigenvalue weighted by atomic mass is 10.1. The Kier molecular flexibility index (Phi) is 7.13. The van der Waals surface area contributed by atoms with Crippen molar-refractivity contribution in [1.29, 1.82) is 0 Å². The van der Waals surface area contributed by atoms with Crippen molar-refractivity contribution in [2.75, 3.05) is 33.2 Å². The third-order valence-electron chi connectivity index (χ3n) is 2.27. The highest BCUT2D eigenvalue weighted by Crippen LogP contribution is 2.25. The maximum absolute atomic E-state index is 12.4. The van der Waals surface area contributed by atoms with Gasteiger partial charge in [-0.1, -0.05) is 6.92 Å². The van der Waals surface area contributed by atoms with Crippen molar-refractivity contribution in [3.05, 3.63) is 0 Å². The topological polar surface area (TPSA) is 58.4 Å². The van der Waals surface area contributed by atoms with Gasteiger partial charge in [-0.25, -0.2) is 0 Å². The van der Waals surface area contributed by atoms with Crippen LogP contribution in [0, 0.1) is 5.92 Å². The van der Waals surface area contributed by atoms with Gasteiger partial charge in [-0.2, -0.15) is 13.2 Å². The van der Waals surface area contributed by atoms with Crippen molar-refractivity contribution in [2.24, 2.45) is 11.7 Å². The SMILES string of the molecule is CCCNC(=O)CN(C)CC(CN)C(F)(F)F. The molecule has 0 rings (SSSR count). The zero-order valence-corrected chi connectivity index (χ0v) is 10.2. The lowest BCUT2D eigenvalue weighted by Gasteiger charge is -2.24. The van der Waals surface area contributed by atoms with Gasteiger partial charge in [0.1, 0.15) is 0 Å². The number of nitrogens with one attached hydrogen (secondary N) is 1. The van der Waals surface area contributed by atoms with E-state index in [-0.39, 0.29) is 19.0 Å². The Morgan fingerprint density at radius 1 is 1.47 bits per heavy atom. The number of carbonyl (C=O) groups is 1. The molecule has 0 spiro atoms. The molecule has 1 amide bonds. The van der Waals surface area contributed by atoms with Crippen molar-refractivity contribution in [2.45, 2.75) is 19.5 Å². The molecule has 0 saturated carbocycles. The second kappa shape index (κ2) is 7.50. The standard InChI is InChI=1S/C10H20F3N3O/c1-3-4-15-9(17)7-16(2)6-8(5-14)10(11,12)13/h8H,3-7,14H2,1-2H3,(H,15,17). The summed E-state index contributed by atoms with van der Waals surface area (Å²) in [6.07, 6.45) is -3.52. The molecular formula is C10H20F3N3O. The molecule has 0 aliphatic rings. The van der Waals surface area contributed by atoms with Gasteiger partial charge < -0.3 is 11.1 Å². The molecule has 0 aromatic carbocycles. The minimum atomic E-state index is -4.32. The molecule has 1 unspecified atom stereocenters. The lowest BCUT2D eigenvalue weighted by molar-refractivity contribution is -0.175. The van der Waals surface area contributed by atoms with Crippen LogP contribution in [0.15, 0.2) is 0 Å². The lowest BCUT2D eigenvalue weighted by Crippen LogP contribution is -2.43. The Labute approximate surface area is 99.3 Å². The van der Waals surface area contributed by atoms with Crippen LogP contribution in [0.5, 0.6) is 0 Å². The Morgan fingerprint density at radius 3 is 2.47 bits per heavy atom. The number of nitrogens with two attached hydrogens (primary N) is 1. The molecule has 0 heterocycles. The zero-order chi connectivity index (χ0) is 13.5. The molecular weight excluding hydrogens is 235 g/mol. The van der Waals surface area contributed by atoms with Gasteiger partial charge in [-0.05, 0) is 13.5 Å². The summed E-state index contributed by atoms with van der Waals surface area (Å²) in [7, 11) is 1.47. The Hall–Kier alpha value is -0.820. The van der Waals surface area contributed by atoms with Crippen LogP contribution in [0.4, 0.5) is 13.2 Å². The summed E-state index contributed by atoms with van der Waals surface area (Å²) < 4.78 is 37.2. The first-order valence-electron chi connectivity index (χ1n) is 5.53. The molecule has 0 aliphatic heterocycles. The van der Waals surface area contributed by atoms with E-state index in [0.717, 1.165) is 6.42 Å². The van der Waals surface area contributed by atoms with Crippen molar-refractivity contribution in [1.82, 2.24) is 10.2 Å². The van der Waals surface area contributed by atoms with E-state index in [0.29, 0.717) is 6.54 Å². The van der Waals surface area contributed by atoms with Crippen LogP contribution in [0.3, 0.4) is 0 Å². The van der Waals surface area contributed by atoms with Gasteiger partial charge in [-0.15, -0.1) is 0 Å². The Balaban J connectivity index is 4.07. The van der Waals surface area contributed by atoms with E-state index < -0.39 is 18.6 Å². The number of hydrogen-bond acceptors (Lipinski definition) is 3. The summed E-state index contributed by atoms with van der Waals surface area (Å²) in [5.41, 5.74) is 5.07. The van der Waals surface area contributed by atoms with Crippen molar-refractivity contribution < 1.29 is 18.0 Å². The average molecular weight is 255 g/mol. The third kappa shape index (κ3) is 7.17. The van der Waals surface area contributed by atoms with Crippen LogP contribution in [-0.2, 0) is 4.79 Å². The quantitative estimate of drug-likeness (QED) is 0.699. The maximum Gasteiger partial charge on any atom is 0.394 e. The first kappa shape index (κ1) is 16.2. The highest BCUT2D eigenvalue weighted by molar-refractivity contribution is 5.77. The van der Waals surface area contributed by atoms with Gasteiger partial charge in [0.15, 0.2) is 0 Å². The molecule has 4 nitrogen and oxygen atoms in total. The number of hydrogen-bond donors (Lipinski definition) is 2. The molecule has 0 bridgehead atoms. The Morgan fingerprint density at radius 2 is 2.06 bits per heavy atom. The smallest absolute Gasteiger partial charge is 0.355 e. The number of rotatable bonds is 7. The average Bonchev–Trinajstić information content (AvgIpc) is 2.21. The molecule has 0 aliphatic carbocycles. The van der Waals surface area contributed by atoms with Gasteiger partial charge in [-0.3, -0.25) is 9.69 Å². The summed E-state index contributed by atoms with van der Waals surface area (Å²) in [4.78, 5) is 12.6. The normalized spacial score (nSPS) is 13.8.